The van der Waals surface area contributed by atoms with Gasteiger partial charge in [-0.3, -0.25) is 0 Å². The Bertz CT molecular complexity index is 716. The molecular formula is C28H39N. The van der Waals surface area contributed by atoms with Crippen molar-refractivity contribution in [1.82, 2.24) is 4.98 Å². The Morgan fingerprint density at radius 2 is 1.14 bits per heavy atom. The van der Waals surface area contributed by atoms with Crippen LogP contribution in [0.3, 0.4) is 0 Å². The fourth-order valence-corrected chi connectivity index (χ4v) is 3.58. The molecule has 0 radical (unpaired) electrons. The van der Waals surface area contributed by atoms with Gasteiger partial charge in [0.25, 0.3) is 0 Å². The molecule has 1 heteroatoms. The van der Waals surface area contributed by atoms with E-state index >= 15 is 0 Å². The number of hydrogen-bond donors (Lipinski definition) is 0. The highest BCUT2D eigenvalue weighted by molar-refractivity contribution is 5.41. The van der Waals surface area contributed by atoms with Crippen LogP contribution in [-0.4, -0.2) is 4.98 Å². The van der Waals surface area contributed by atoms with Gasteiger partial charge in [0.15, 0.2) is 0 Å². The van der Waals surface area contributed by atoms with Gasteiger partial charge in [-0.2, -0.15) is 0 Å². The molecule has 29 heavy (non-hydrogen) atoms. The summed E-state index contributed by atoms with van der Waals surface area (Å²) in [4.78, 5) is 4.52. The standard InChI is InChI=1S/C28H39N/c1-3-5-7-9-11-12-14-25-16-18-26(19-17-25)20-22-28-23-21-27(24-29-28)15-13-10-8-6-4-2/h16-19,21,23-24H,3-15H2,1-2H3. The molecule has 0 saturated heterocycles. The summed E-state index contributed by atoms with van der Waals surface area (Å²) in [5, 5.41) is 0. The van der Waals surface area contributed by atoms with Gasteiger partial charge in [0.2, 0.25) is 0 Å². The summed E-state index contributed by atoms with van der Waals surface area (Å²) in [6.07, 6.45) is 19.0. The van der Waals surface area contributed by atoms with Crippen molar-refractivity contribution in [2.75, 3.05) is 0 Å². The Labute approximate surface area is 179 Å². The van der Waals surface area contributed by atoms with E-state index in [1.165, 1.54) is 88.2 Å². The Balaban J connectivity index is 1.73. The summed E-state index contributed by atoms with van der Waals surface area (Å²) in [7, 11) is 0. The molecular weight excluding hydrogens is 350 g/mol. The molecule has 1 nitrogen and oxygen atoms in total. The van der Waals surface area contributed by atoms with Crippen LogP contribution < -0.4 is 0 Å². The molecule has 0 unspecified atom stereocenters. The maximum absolute atomic E-state index is 4.52. The van der Waals surface area contributed by atoms with Gasteiger partial charge < -0.3 is 0 Å². The van der Waals surface area contributed by atoms with Gasteiger partial charge in [0, 0.05) is 11.8 Å². The van der Waals surface area contributed by atoms with Crippen LogP contribution in [-0.2, 0) is 12.8 Å². The Hall–Kier alpha value is -2.07. The van der Waals surface area contributed by atoms with Crippen molar-refractivity contribution >= 4 is 0 Å². The average Bonchev–Trinajstić information content (AvgIpc) is 2.76. The van der Waals surface area contributed by atoms with Gasteiger partial charge in [-0.05, 0) is 60.9 Å². The quantitative estimate of drug-likeness (QED) is 0.250. The highest BCUT2D eigenvalue weighted by Gasteiger charge is 1.97. The van der Waals surface area contributed by atoms with Crippen LogP contribution in [0.4, 0.5) is 0 Å². The minimum absolute atomic E-state index is 0.857. The largest absolute Gasteiger partial charge is 0.248 e. The van der Waals surface area contributed by atoms with E-state index < -0.39 is 0 Å². The molecule has 0 spiro atoms. The van der Waals surface area contributed by atoms with Crippen LogP contribution in [0.15, 0.2) is 42.6 Å². The lowest BCUT2D eigenvalue weighted by atomic mass is 10.0. The lowest BCUT2D eigenvalue weighted by Gasteiger charge is -2.02. The maximum Gasteiger partial charge on any atom is 0.113 e. The van der Waals surface area contributed by atoms with E-state index in [1.807, 2.05) is 6.20 Å². The Morgan fingerprint density at radius 1 is 0.586 bits per heavy atom. The fourth-order valence-electron chi connectivity index (χ4n) is 3.58. The molecule has 0 atom stereocenters. The second-order valence-electron chi connectivity index (χ2n) is 8.18. The molecule has 0 fully saturated rings. The Kier molecular flexibility index (Phi) is 11.9. The molecule has 2 aromatic rings. The van der Waals surface area contributed by atoms with Crippen molar-refractivity contribution in [2.45, 2.75) is 97.3 Å². The number of pyridine rings is 1. The highest BCUT2D eigenvalue weighted by Crippen LogP contribution is 2.11. The number of rotatable bonds is 13. The van der Waals surface area contributed by atoms with E-state index in [-0.39, 0.29) is 0 Å². The molecule has 0 aliphatic carbocycles. The second kappa shape index (κ2) is 14.9. The maximum atomic E-state index is 4.52. The van der Waals surface area contributed by atoms with Crippen LogP contribution >= 0.6 is 0 Å². The monoisotopic (exact) mass is 389 g/mol. The zero-order valence-corrected chi connectivity index (χ0v) is 18.7. The van der Waals surface area contributed by atoms with Crippen LogP contribution in [0.2, 0.25) is 0 Å². The molecule has 1 aromatic heterocycles. The van der Waals surface area contributed by atoms with Gasteiger partial charge in [-0.1, -0.05) is 95.8 Å². The van der Waals surface area contributed by atoms with Crippen molar-refractivity contribution < 1.29 is 0 Å². The molecule has 156 valence electrons. The predicted molar refractivity (Wildman–Crippen MR) is 126 cm³/mol. The zero-order valence-electron chi connectivity index (χ0n) is 18.7. The van der Waals surface area contributed by atoms with Gasteiger partial charge in [-0.15, -0.1) is 0 Å². The molecule has 0 N–H and O–H groups in total. The third kappa shape index (κ3) is 10.3. The first-order chi connectivity index (χ1) is 14.3. The summed E-state index contributed by atoms with van der Waals surface area (Å²) in [6.45, 7) is 4.53. The lowest BCUT2D eigenvalue weighted by Crippen LogP contribution is -1.90. The number of aromatic nitrogens is 1. The first kappa shape index (κ1) is 23.2. The van der Waals surface area contributed by atoms with E-state index in [9.17, 15) is 0 Å². The number of unbranched alkanes of at least 4 members (excludes halogenated alkanes) is 9. The number of aryl methyl sites for hydroxylation is 2. The third-order valence-electron chi connectivity index (χ3n) is 5.50. The van der Waals surface area contributed by atoms with Crippen LogP contribution in [0, 0.1) is 11.8 Å². The zero-order chi connectivity index (χ0) is 20.6. The molecule has 0 aliphatic heterocycles. The van der Waals surface area contributed by atoms with Gasteiger partial charge in [0.1, 0.15) is 5.69 Å². The molecule has 0 amide bonds. The van der Waals surface area contributed by atoms with E-state index in [1.54, 1.807) is 0 Å². The minimum Gasteiger partial charge on any atom is -0.248 e. The smallest absolute Gasteiger partial charge is 0.113 e. The van der Waals surface area contributed by atoms with E-state index in [2.05, 4.69) is 67.1 Å². The molecule has 0 saturated carbocycles. The van der Waals surface area contributed by atoms with E-state index in [4.69, 9.17) is 0 Å². The van der Waals surface area contributed by atoms with Gasteiger partial charge >= 0.3 is 0 Å². The number of hydrogen-bond acceptors (Lipinski definition) is 1. The van der Waals surface area contributed by atoms with Crippen LogP contribution in [0.5, 0.6) is 0 Å². The van der Waals surface area contributed by atoms with Crippen molar-refractivity contribution in [3.8, 4) is 11.8 Å². The summed E-state index contributed by atoms with van der Waals surface area (Å²) in [5.74, 6) is 6.45. The average molecular weight is 390 g/mol. The highest BCUT2D eigenvalue weighted by atomic mass is 14.7. The first-order valence-electron chi connectivity index (χ1n) is 11.9. The summed E-state index contributed by atoms with van der Waals surface area (Å²) < 4.78 is 0. The van der Waals surface area contributed by atoms with Crippen molar-refractivity contribution in [1.29, 1.82) is 0 Å². The van der Waals surface area contributed by atoms with Crippen molar-refractivity contribution in [2.24, 2.45) is 0 Å². The van der Waals surface area contributed by atoms with Gasteiger partial charge in [-0.25, -0.2) is 4.98 Å². The van der Waals surface area contributed by atoms with E-state index in [0.717, 1.165) is 17.7 Å². The van der Waals surface area contributed by atoms with E-state index in [0.29, 0.717) is 0 Å². The predicted octanol–water partition coefficient (Wildman–Crippen LogP) is 7.90. The van der Waals surface area contributed by atoms with Gasteiger partial charge in [0.05, 0.1) is 0 Å². The fraction of sp³-hybridized carbons (Fsp3) is 0.536. The normalized spacial score (nSPS) is 10.6. The second-order valence-corrected chi connectivity index (χ2v) is 8.18. The molecule has 1 heterocycles. The first-order valence-corrected chi connectivity index (χ1v) is 11.9. The Morgan fingerprint density at radius 3 is 1.72 bits per heavy atom. The third-order valence-corrected chi connectivity index (χ3v) is 5.50. The topological polar surface area (TPSA) is 12.9 Å². The van der Waals surface area contributed by atoms with Crippen LogP contribution in [0.1, 0.15) is 107 Å². The summed E-state index contributed by atoms with van der Waals surface area (Å²) >= 11 is 0. The summed E-state index contributed by atoms with van der Waals surface area (Å²) in [6, 6.07) is 13.0. The van der Waals surface area contributed by atoms with Crippen LogP contribution in [0.25, 0.3) is 0 Å². The van der Waals surface area contributed by atoms with Crippen molar-refractivity contribution in [3.63, 3.8) is 0 Å². The lowest BCUT2D eigenvalue weighted by molar-refractivity contribution is 0.607. The number of benzene rings is 1. The summed E-state index contributed by atoms with van der Waals surface area (Å²) in [5.41, 5.74) is 4.67. The molecule has 0 aliphatic rings. The minimum atomic E-state index is 0.857. The number of nitrogens with zero attached hydrogens (tertiary/aromatic N) is 1. The van der Waals surface area contributed by atoms with Crippen molar-refractivity contribution in [3.05, 3.63) is 65.0 Å². The molecule has 2 rings (SSSR count). The SMILES string of the molecule is CCCCCCCCc1ccc(C#Cc2ccc(CCCCCCC)cn2)cc1. The molecule has 0 bridgehead atoms. The molecule has 1 aromatic carbocycles.